The van der Waals surface area contributed by atoms with Crippen LogP contribution in [-0.2, 0) is 13.1 Å². The topological polar surface area (TPSA) is 97.4 Å². The summed E-state index contributed by atoms with van der Waals surface area (Å²) in [5.74, 6) is -1.69. The van der Waals surface area contributed by atoms with Gasteiger partial charge >= 0.3 is 5.97 Å². The number of carboxylic acid groups (broad SMARTS) is 1. The van der Waals surface area contributed by atoms with Crippen molar-refractivity contribution in [2.24, 2.45) is 0 Å². The largest absolute Gasteiger partial charge is 0.477 e. The van der Waals surface area contributed by atoms with Crippen LogP contribution < -0.4 is 10.7 Å². The highest BCUT2D eigenvalue weighted by Crippen LogP contribution is 2.34. The number of nitrogens with zero attached hydrogens (tertiary/aromatic N) is 2. The Morgan fingerprint density at radius 3 is 2.77 bits per heavy atom. The van der Waals surface area contributed by atoms with E-state index in [-0.39, 0.29) is 5.39 Å². The molecule has 30 heavy (non-hydrogen) atoms. The summed E-state index contributed by atoms with van der Waals surface area (Å²) in [6, 6.07) is 8.41. The number of aryl methyl sites for hydroxylation is 1. The van der Waals surface area contributed by atoms with E-state index in [0.717, 1.165) is 18.2 Å². The molecule has 0 aliphatic carbocycles. The predicted molar refractivity (Wildman–Crippen MR) is 107 cm³/mol. The van der Waals surface area contributed by atoms with Crippen LogP contribution >= 0.6 is 0 Å². The minimum atomic E-state index is -1.40. The van der Waals surface area contributed by atoms with E-state index in [1.54, 1.807) is 13.0 Å². The molecule has 0 atom stereocenters. The lowest BCUT2D eigenvalue weighted by atomic mass is 9.94. The molecule has 0 unspecified atom stereocenters. The van der Waals surface area contributed by atoms with Crippen molar-refractivity contribution in [2.75, 3.05) is 0 Å². The number of aromatic carboxylic acids is 1. The summed E-state index contributed by atoms with van der Waals surface area (Å²) in [5.41, 5.74) is 2.99. The third kappa shape index (κ3) is 2.65. The minimum absolute atomic E-state index is 0.0283. The van der Waals surface area contributed by atoms with Gasteiger partial charge in [0.1, 0.15) is 17.6 Å². The Morgan fingerprint density at radius 2 is 2.03 bits per heavy atom. The van der Waals surface area contributed by atoms with Gasteiger partial charge in [-0.05, 0) is 41.3 Å². The molecular weight excluding hydrogens is 389 g/mol. The van der Waals surface area contributed by atoms with E-state index >= 15 is 4.39 Å². The summed E-state index contributed by atoms with van der Waals surface area (Å²) in [7, 11) is 0. The van der Waals surface area contributed by atoms with Gasteiger partial charge in [-0.25, -0.2) is 9.18 Å². The second kappa shape index (κ2) is 6.64. The summed E-state index contributed by atoms with van der Waals surface area (Å²) < 4.78 is 21.6. The van der Waals surface area contributed by atoms with Crippen molar-refractivity contribution in [3.63, 3.8) is 0 Å². The van der Waals surface area contributed by atoms with Crippen LogP contribution in [0.1, 0.15) is 27.0 Å². The lowest BCUT2D eigenvalue weighted by Gasteiger charge is -2.16. The molecule has 2 aromatic carbocycles. The van der Waals surface area contributed by atoms with Crippen LogP contribution in [0.2, 0.25) is 0 Å². The zero-order chi connectivity index (χ0) is 21.0. The first-order chi connectivity index (χ1) is 14.5. The van der Waals surface area contributed by atoms with Gasteiger partial charge in [-0.1, -0.05) is 17.3 Å². The zero-order valence-electron chi connectivity index (χ0n) is 15.9. The van der Waals surface area contributed by atoms with Crippen LogP contribution in [0.25, 0.3) is 27.8 Å². The Labute approximate surface area is 169 Å². The molecular formula is C22H16FN3O4. The number of nitrogens with one attached hydrogen (secondary N) is 1. The number of carboxylic acids is 1. The van der Waals surface area contributed by atoms with Crippen LogP contribution in [-0.4, -0.2) is 20.8 Å². The Morgan fingerprint density at radius 1 is 1.23 bits per heavy atom. The summed E-state index contributed by atoms with van der Waals surface area (Å²) in [5, 5.41) is 16.6. The number of benzene rings is 2. The Bertz CT molecular complexity index is 1390. The van der Waals surface area contributed by atoms with Gasteiger partial charge in [-0.15, -0.1) is 0 Å². The fourth-order valence-electron chi connectivity index (χ4n) is 4.12. The fraction of sp³-hybridized carbons (Fsp3) is 0.136. The molecule has 1 aliphatic rings. The number of halogens is 1. The van der Waals surface area contributed by atoms with Gasteiger partial charge in [0, 0.05) is 30.9 Å². The molecule has 0 fully saturated rings. The highest BCUT2D eigenvalue weighted by molar-refractivity contribution is 5.96. The fourth-order valence-corrected chi connectivity index (χ4v) is 4.12. The third-order valence-corrected chi connectivity index (χ3v) is 5.51. The van der Waals surface area contributed by atoms with E-state index in [9.17, 15) is 14.7 Å². The average Bonchev–Trinajstić information content (AvgIpc) is 3.40. The van der Waals surface area contributed by atoms with Crippen molar-refractivity contribution < 1.29 is 18.8 Å². The van der Waals surface area contributed by atoms with E-state index in [1.165, 1.54) is 22.6 Å². The van der Waals surface area contributed by atoms with Gasteiger partial charge in [0.25, 0.3) is 0 Å². The van der Waals surface area contributed by atoms with Crippen molar-refractivity contribution in [3.05, 3.63) is 81.1 Å². The van der Waals surface area contributed by atoms with E-state index in [4.69, 9.17) is 4.52 Å². The third-order valence-electron chi connectivity index (χ3n) is 5.51. The van der Waals surface area contributed by atoms with Gasteiger partial charge in [0.2, 0.25) is 5.43 Å². The van der Waals surface area contributed by atoms with Crippen molar-refractivity contribution >= 4 is 16.9 Å². The molecule has 7 nitrogen and oxygen atoms in total. The van der Waals surface area contributed by atoms with Gasteiger partial charge in [0.05, 0.1) is 10.9 Å². The minimum Gasteiger partial charge on any atom is -0.477 e. The second-order valence-corrected chi connectivity index (χ2v) is 7.25. The normalized spacial score (nSPS) is 13.0. The summed E-state index contributed by atoms with van der Waals surface area (Å²) in [6.45, 7) is 3.20. The van der Waals surface area contributed by atoms with Crippen LogP contribution in [0.4, 0.5) is 4.39 Å². The quantitative estimate of drug-likeness (QED) is 0.542. The molecule has 0 saturated heterocycles. The summed E-state index contributed by atoms with van der Waals surface area (Å²) in [4.78, 5) is 24.4. The lowest BCUT2D eigenvalue weighted by molar-refractivity contribution is 0.0695. The number of aromatic nitrogens is 2. The molecule has 0 radical (unpaired) electrons. The first-order valence-electron chi connectivity index (χ1n) is 9.31. The van der Waals surface area contributed by atoms with E-state index in [0.29, 0.717) is 34.6 Å². The van der Waals surface area contributed by atoms with Crippen LogP contribution in [0, 0.1) is 12.7 Å². The lowest BCUT2D eigenvalue weighted by Crippen LogP contribution is -2.19. The molecule has 4 aromatic rings. The molecule has 2 aromatic heterocycles. The molecule has 0 spiro atoms. The number of hydrogen-bond donors (Lipinski definition) is 2. The first kappa shape index (κ1) is 18.3. The second-order valence-electron chi connectivity index (χ2n) is 7.25. The van der Waals surface area contributed by atoms with Crippen molar-refractivity contribution in [3.8, 4) is 16.9 Å². The maximum atomic E-state index is 15.3. The highest BCUT2D eigenvalue weighted by atomic mass is 19.1. The molecule has 2 N–H and O–H groups in total. The van der Waals surface area contributed by atoms with Crippen LogP contribution in [0.5, 0.6) is 0 Å². The molecule has 0 amide bonds. The number of pyridine rings is 1. The molecule has 150 valence electrons. The Kier molecular flexibility index (Phi) is 4.04. The molecule has 0 saturated carbocycles. The maximum absolute atomic E-state index is 15.3. The average molecular weight is 405 g/mol. The Hall–Kier alpha value is -3.78. The molecule has 3 heterocycles. The highest BCUT2D eigenvalue weighted by Gasteiger charge is 2.22. The summed E-state index contributed by atoms with van der Waals surface area (Å²) in [6.07, 6.45) is 2.54. The monoisotopic (exact) mass is 405 g/mol. The van der Waals surface area contributed by atoms with Gasteiger partial charge in [0.15, 0.2) is 5.82 Å². The molecule has 1 aliphatic heterocycles. The molecule has 5 rings (SSSR count). The van der Waals surface area contributed by atoms with E-state index in [1.807, 2.05) is 18.2 Å². The van der Waals surface area contributed by atoms with Crippen molar-refractivity contribution in [2.45, 2.75) is 20.0 Å². The van der Waals surface area contributed by atoms with Crippen LogP contribution in [0.15, 0.2) is 52.1 Å². The number of fused-ring (bicyclic) bond motifs is 2. The van der Waals surface area contributed by atoms with Gasteiger partial charge in [-0.3, -0.25) is 9.36 Å². The van der Waals surface area contributed by atoms with Crippen LogP contribution in [0.3, 0.4) is 0 Å². The number of rotatable bonds is 3. The predicted octanol–water partition coefficient (Wildman–Crippen LogP) is 3.39. The van der Waals surface area contributed by atoms with Gasteiger partial charge in [-0.2, -0.15) is 0 Å². The first-order valence-corrected chi connectivity index (χ1v) is 9.31. The van der Waals surface area contributed by atoms with Gasteiger partial charge < -0.3 is 14.9 Å². The standard InChI is InChI=1S/C22H16FN3O4/c1-11-19(12-2-3-13-8-24-9-14(13)6-12)17(23)7-15-20(11)26(18-4-5-30-25-18)10-16(21(15)27)22(28)29/h2-7,10,24H,8-9H2,1H3,(H,28,29). The van der Waals surface area contributed by atoms with E-state index < -0.39 is 22.8 Å². The summed E-state index contributed by atoms with van der Waals surface area (Å²) >= 11 is 0. The SMILES string of the molecule is Cc1c(-c2ccc3c(c2)CNC3)c(F)cc2c(=O)c(C(=O)O)cn(-c3ccon3)c12. The smallest absolute Gasteiger partial charge is 0.341 e. The zero-order valence-corrected chi connectivity index (χ0v) is 15.9. The molecule has 8 heteroatoms. The van der Waals surface area contributed by atoms with Crippen molar-refractivity contribution in [1.29, 1.82) is 0 Å². The number of carbonyl (C=O) groups is 1. The van der Waals surface area contributed by atoms with Crippen molar-refractivity contribution in [1.82, 2.24) is 15.0 Å². The number of hydrogen-bond acceptors (Lipinski definition) is 5. The molecule has 0 bridgehead atoms. The Balaban J connectivity index is 1.88. The van der Waals surface area contributed by atoms with E-state index in [2.05, 4.69) is 10.5 Å². The maximum Gasteiger partial charge on any atom is 0.341 e.